The third kappa shape index (κ3) is 6.59. The topological polar surface area (TPSA) is 78.4 Å². The van der Waals surface area contributed by atoms with E-state index in [1.165, 1.54) is 0 Å². The van der Waals surface area contributed by atoms with Crippen LogP contribution in [-0.2, 0) is 13.1 Å². The molecule has 43 heavy (non-hydrogen) atoms. The summed E-state index contributed by atoms with van der Waals surface area (Å²) in [5.41, 5.74) is 5.11. The van der Waals surface area contributed by atoms with E-state index < -0.39 is 0 Å². The Morgan fingerprint density at radius 3 is 2.65 bits per heavy atom. The number of hydrogen-bond acceptors (Lipinski definition) is 5. The number of nitrogens with one attached hydrogen (secondary N) is 3. The minimum absolute atomic E-state index is 0.0668. The van der Waals surface area contributed by atoms with Crippen LogP contribution < -0.4 is 26.4 Å². The lowest BCUT2D eigenvalue weighted by Gasteiger charge is -2.44. The Morgan fingerprint density at radius 1 is 0.977 bits per heavy atom. The molecule has 0 radical (unpaired) electrons. The molecule has 6 rings (SSSR count). The van der Waals surface area contributed by atoms with Gasteiger partial charge in [0, 0.05) is 65.0 Å². The van der Waals surface area contributed by atoms with Crippen LogP contribution in [0.25, 0.3) is 0 Å². The number of hydrogen-bond donors (Lipinski definition) is 3. The molecule has 1 amide bonds. The van der Waals surface area contributed by atoms with Crippen LogP contribution in [0.1, 0.15) is 34.0 Å². The van der Waals surface area contributed by atoms with Gasteiger partial charge in [0.25, 0.3) is 11.5 Å². The molecule has 220 valence electrons. The minimum atomic E-state index is -0.204. The number of halogens is 1. The number of piperidine rings is 1. The summed E-state index contributed by atoms with van der Waals surface area (Å²) in [4.78, 5) is 29.3. The first-order valence-electron chi connectivity index (χ1n) is 14.2. The first-order valence-corrected chi connectivity index (χ1v) is 16.2. The molecule has 1 fully saturated rings. The van der Waals surface area contributed by atoms with Gasteiger partial charge in [0.2, 0.25) is 0 Å². The lowest BCUT2D eigenvalue weighted by Crippen LogP contribution is -2.47. The number of carbonyl (C=O) groups is 1. The minimum Gasteiger partial charge on any atom is -0.369 e. The van der Waals surface area contributed by atoms with E-state index in [-0.39, 0.29) is 17.4 Å². The zero-order chi connectivity index (χ0) is 29.9. The predicted octanol–water partition coefficient (Wildman–Crippen LogP) is 6.59. The molecular weight excluding hydrogens is 598 g/mol. The van der Waals surface area contributed by atoms with Gasteiger partial charge in [-0.3, -0.25) is 9.59 Å². The molecule has 7 nitrogen and oxygen atoms in total. The Kier molecular flexibility index (Phi) is 8.74. The van der Waals surface area contributed by atoms with E-state index in [9.17, 15) is 9.59 Å². The fourth-order valence-corrected chi connectivity index (χ4v) is 6.94. The Bertz CT molecular complexity index is 1740. The van der Waals surface area contributed by atoms with Crippen molar-refractivity contribution in [2.24, 2.45) is 5.92 Å². The number of aromatic nitrogens is 1. The number of anilines is 3. The Labute approximate surface area is 265 Å². The summed E-state index contributed by atoms with van der Waals surface area (Å²) in [5.74, 6) is 0.384. The van der Waals surface area contributed by atoms with Crippen LogP contribution in [0.3, 0.4) is 0 Å². The van der Waals surface area contributed by atoms with E-state index in [0.29, 0.717) is 34.7 Å². The van der Waals surface area contributed by atoms with Crippen LogP contribution >= 0.6 is 35.6 Å². The van der Waals surface area contributed by atoms with Gasteiger partial charge in [0.1, 0.15) is 0 Å². The van der Waals surface area contributed by atoms with Crippen molar-refractivity contribution < 1.29 is 4.79 Å². The molecule has 3 heterocycles. The first-order chi connectivity index (χ1) is 20.9. The standard InChI is InChI=1S/C33H32ClN5O2S2/c1-43-26-8-4-7-25(16-26)36-33(42)37-28-15-22(32(41)35-17-23-6-2-3-9-27(23)34)12-13-30(28)38-18-21-14-24(20-38)29-10-5-11-31(40)39(29)19-21/h2-13,15-16,21,24H,14,17-20H2,1H3,(H,35,41)(H2,36,37,42)/t21-,24+/m1/s1. The monoisotopic (exact) mass is 629 g/mol. The number of amides is 1. The van der Waals surface area contributed by atoms with Crippen molar-refractivity contribution in [1.29, 1.82) is 0 Å². The Hall–Kier alpha value is -3.79. The summed E-state index contributed by atoms with van der Waals surface area (Å²) in [6.45, 7) is 2.60. The van der Waals surface area contributed by atoms with Gasteiger partial charge in [0.05, 0.1) is 11.4 Å². The molecule has 3 N–H and O–H groups in total. The average molecular weight is 630 g/mol. The highest BCUT2D eigenvalue weighted by Gasteiger charge is 2.35. The molecule has 0 aliphatic carbocycles. The molecule has 0 unspecified atom stereocenters. The summed E-state index contributed by atoms with van der Waals surface area (Å²) in [6, 6.07) is 26.8. The van der Waals surface area contributed by atoms with Crippen LogP contribution in [-0.4, -0.2) is 34.9 Å². The van der Waals surface area contributed by atoms with Gasteiger partial charge in [0.15, 0.2) is 5.11 Å². The number of pyridine rings is 1. The maximum atomic E-state index is 13.3. The molecule has 1 saturated heterocycles. The Morgan fingerprint density at radius 2 is 1.81 bits per heavy atom. The van der Waals surface area contributed by atoms with Crippen molar-refractivity contribution in [1.82, 2.24) is 9.88 Å². The van der Waals surface area contributed by atoms with Crippen LogP contribution in [0, 0.1) is 5.92 Å². The van der Waals surface area contributed by atoms with Crippen molar-refractivity contribution in [3.8, 4) is 0 Å². The number of benzene rings is 3. The highest BCUT2D eigenvalue weighted by Crippen LogP contribution is 2.39. The van der Waals surface area contributed by atoms with Gasteiger partial charge in [-0.05, 0) is 84.9 Å². The van der Waals surface area contributed by atoms with Gasteiger partial charge in [-0.1, -0.05) is 41.9 Å². The molecule has 2 aliphatic rings. The number of fused-ring (bicyclic) bond motifs is 4. The van der Waals surface area contributed by atoms with Gasteiger partial charge >= 0.3 is 0 Å². The van der Waals surface area contributed by atoms with E-state index in [2.05, 4.69) is 33.0 Å². The van der Waals surface area contributed by atoms with Gasteiger partial charge in [-0.15, -0.1) is 11.8 Å². The smallest absolute Gasteiger partial charge is 0.251 e. The molecule has 4 aromatic rings. The molecule has 10 heteroatoms. The van der Waals surface area contributed by atoms with E-state index in [1.54, 1.807) is 17.8 Å². The molecule has 0 saturated carbocycles. The lowest BCUT2D eigenvalue weighted by molar-refractivity contribution is 0.0951. The largest absolute Gasteiger partial charge is 0.369 e. The second kappa shape index (κ2) is 12.8. The molecule has 2 aliphatic heterocycles. The van der Waals surface area contributed by atoms with E-state index in [1.807, 2.05) is 77.6 Å². The van der Waals surface area contributed by atoms with Crippen molar-refractivity contribution in [2.75, 3.05) is 34.9 Å². The molecule has 1 aromatic heterocycles. The third-order valence-electron chi connectivity index (χ3n) is 8.05. The fourth-order valence-electron chi connectivity index (χ4n) is 6.05. The van der Waals surface area contributed by atoms with Gasteiger partial charge in [-0.2, -0.15) is 0 Å². The fraction of sp³-hybridized carbons (Fsp3) is 0.242. The summed E-state index contributed by atoms with van der Waals surface area (Å²) in [7, 11) is 0. The van der Waals surface area contributed by atoms with Crippen LogP contribution in [0.4, 0.5) is 17.1 Å². The zero-order valence-electron chi connectivity index (χ0n) is 23.7. The maximum absolute atomic E-state index is 13.3. The molecule has 3 aromatic carbocycles. The van der Waals surface area contributed by atoms with Crippen molar-refractivity contribution >= 4 is 63.7 Å². The second-order valence-electron chi connectivity index (χ2n) is 10.9. The normalized spacial score (nSPS) is 17.1. The number of thioether (sulfide) groups is 1. The molecule has 2 atom stereocenters. The van der Waals surface area contributed by atoms with Crippen LogP contribution in [0.2, 0.25) is 5.02 Å². The van der Waals surface area contributed by atoms with Gasteiger partial charge < -0.3 is 25.4 Å². The van der Waals surface area contributed by atoms with Crippen LogP contribution in [0.5, 0.6) is 0 Å². The third-order valence-corrected chi connectivity index (χ3v) is 9.35. The molecule has 2 bridgehead atoms. The number of nitrogens with zero attached hydrogens (tertiary/aromatic N) is 2. The summed E-state index contributed by atoms with van der Waals surface area (Å²) >= 11 is 13.7. The zero-order valence-corrected chi connectivity index (χ0v) is 26.1. The quantitative estimate of drug-likeness (QED) is 0.157. The number of carbonyl (C=O) groups excluding carboxylic acids is 1. The summed E-state index contributed by atoms with van der Waals surface area (Å²) in [6.07, 6.45) is 3.09. The first kappa shape index (κ1) is 29.3. The highest BCUT2D eigenvalue weighted by atomic mass is 35.5. The Balaban J connectivity index is 1.27. The molecular formula is C33H32ClN5O2S2. The van der Waals surface area contributed by atoms with E-state index >= 15 is 0 Å². The summed E-state index contributed by atoms with van der Waals surface area (Å²) in [5, 5.41) is 10.7. The average Bonchev–Trinajstić information content (AvgIpc) is 3.01. The van der Waals surface area contributed by atoms with Crippen LogP contribution in [0.15, 0.2) is 94.6 Å². The maximum Gasteiger partial charge on any atom is 0.251 e. The predicted molar refractivity (Wildman–Crippen MR) is 181 cm³/mol. The number of rotatable bonds is 7. The van der Waals surface area contributed by atoms with E-state index in [0.717, 1.165) is 52.7 Å². The van der Waals surface area contributed by atoms with Crippen molar-refractivity contribution in [2.45, 2.75) is 30.3 Å². The van der Waals surface area contributed by atoms with Crippen molar-refractivity contribution in [3.05, 3.63) is 117 Å². The molecule has 0 spiro atoms. The highest BCUT2D eigenvalue weighted by molar-refractivity contribution is 7.98. The van der Waals surface area contributed by atoms with Crippen molar-refractivity contribution in [3.63, 3.8) is 0 Å². The second-order valence-corrected chi connectivity index (χ2v) is 12.6. The number of thiocarbonyl (C=S) groups is 1. The van der Waals surface area contributed by atoms with Gasteiger partial charge in [-0.25, -0.2) is 0 Å². The van der Waals surface area contributed by atoms with E-state index in [4.69, 9.17) is 23.8 Å². The SMILES string of the molecule is CSc1cccc(NC(=S)Nc2cc(C(=O)NCc3ccccc3Cl)ccc2N2C[C@H]3C[C@@H](C2)c2cccc(=O)n2C3)c1. The lowest BCUT2D eigenvalue weighted by atomic mass is 9.83. The summed E-state index contributed by atoms with van der Waals surface area (Å²) < 4.78 is 1.93.